The summed E-state index contributed by atoms with van der Waals surface area (Å²) in [6.45, 7) is -0.606. The molecule has 9 heteroatoms. The van der Waals surface area contributed by atoms with Crippen molar-refractivity contribution in [3.63, 3.8) is 0 Å². The highest BCUT2D eigenvalue weighted by molar-refractivity contribution is 7.89. The highest BCUT2D eigenvalue weighted by atomic mass is 32.2. The second kappa shape index (κ2) is 5.93. The molecule has 0 aliphatic heterocycles. The van der Waals surface area contributed by atoms with Crippen LogP contribution in [-0.2, 0) is 23.7 Å². The number of aliphatic hydroxyl groups excluding tert-OH is 1. The molecular formula is C10H15F3N2O3S. The van der Waals surface area contributed by atoms with E-state index >= 15 is 0 Å². The van der Waals surface area contributed by atoms with E-state index in [1.54, 1.807) is 7.05 Å². The third kappa shape index (κ3) is 4.84. The number of halogens is 3. The maximum atomic E-state index is 11.9. The Hall–Kier alpha value is -1.06. The van der Waals surface area contributed by atoms with E-state index in [2.05, 4.69) is 4.72 Å². The molecule has 110 valence electrons. The van der Waals surface area contributed by atoms with E-state index in [1.165, 1.54) is 16.8 Å². The summed E-state index contributed by atoms with van der Waals surface area (Å²) >= 11 is 0. The van der Waals surface area contributed by atoms with Gasteiger partial charge in [-0.15, -0.1) is 0 Å². The monoisotopic (exact) mass is 300 g/mol. The minimum atomic E-state index is -4.29. The van der Waals surface area contributed by atoms with Gasteiger partial charge in [0.2, 0.25) is 10.0 Å². The number of hydrogen-bond donors (Lipinski definition) is 2. The fourth-order valence-electron chi connectivity index (χ4n) is 1.46. The predicted octanol–water partition coefficient (Wildman–Crippen LogP) is 1.14. The van der Waals surface area contributed by atoms with Gasteiger partial charge in [-0.2, -0.15) is 13.2 Å². The molecule has 0 bridgehead atoms. The Morgan fingerprint density at radius 3 is 2.53 bits per heavy atom. The molecule has 0 amide bonds. The molecule has 0 radical (unpaired) electrons. The second-order valence-corrected chi connectivity index (χ2v) is 5.82. The minimum absolute atomic E-state index is 0.0777. The molecule has 5 nitrogen and oxygen atoms in total. The van der Waals surface area contributed by atoms with Gasteiger partial charge in [0, 0.05) is 31.9 Å². The van der Waals surface area contributed by atoms with Crippen LogP contribution in [-0.4, -0.2) is 30.8 Å². The zero-order valence-corrected chi connectivity index (χ0v) is 11.1. The first-order valence-corrected chi connectivity index (χ1v) is 6.96. The summed E-state index contributed by atoms with van der Waals surface area (Å²) in [6.07, 6.45) is -4.35. The largest absolute Gasteiger partial charge is 0.390 e. The number of sulfonamides is 1. The van der Waals surface area contributed by atoms with Gasteiger partial charge in [-0.1, -0.05) is 0 Å². The molecular weight excluding hydrogens is 285 g/mol. The van der Waals surface area contributed by atoms with Crippen LogP contribution in [0.5, 0.6) is 0 Å². The maximum absolute atomic E-state index is 11.9. The van der Waals surface area contributed by atoms with Crippen LogP contribution in [0.1, 0.15) is 18.5 Å². The molecule has 0 spiro atoms. The molecule has 0 aliphatic carbocycles. The van der Waals surface area contributed by atoms with Crippen LogP contribution in [0, 0.1) is 0 Å². The Morgan fingerprint density at radius 2 is 2.05 bits per heavy atom. The van der Waals surface area contributed by atoms with E-state index in [1.807, 2.05) is 0 Å². The maximum Gasteiger partial charge on any atom is 0.389 e. The molecule has 0 aromatic carbocycles. The van der Waals surface area contributed by atoms with Crippen molar-refractivity contribution in [1.82, 2.24) is 9.29 Å². The molecule has 0 atom stereocenters. The van der Waals surface area contributed by atoms with E-state index in [4.69, 9.17) is 5.11 Å². The lowest BCUT2D eigenvalue weighted by Gasteiger charge is -2.07. The summed E-state index contributed by atoms with van der Waals surface area (Å²) in [5, 5.41) is 8.94. The normalized spacial score (nSPS) is 12.9. The molecule has 1 rings (SSSR count). The quantitative estimate of drug-likeness (QED) is 0.774. The lowest BCUT2D eigenvalue weighted by molar-refractivity contribution is -0.135. The molecule has 0 saturated carbocycles. The van der Waals surface area contributed by atoms with Crippen LogP contribution < -0.4 is 4.72 Å². The van der Waals surface area contributed by atoms with E-state index in [9.17, 15) is 21.6 Å². The summed E-state index contributed by atoms with van der Waals surface area (Å²) in [5.74, 6) is 0. The number of rotatable bonds is 6. The van der Waals surface area contributed by atoms with Crippen molar-refractivity contribution >= 4 is 10.0 Å². The lowest BCUT2D eigenvalue weighted by Crippen LogP contribution is -2.25. The van der Waals surface area contributed by atoms with Crippen molar-refractivity contribution < 1.29 is 26.7 Å². The van der Waals surface area contributed by atoms with Crippen molar-refractivity contribution in [2.75, 3.05) is 6.54 Å². The lowest BCUT2D eigenvalue weighted by atomic mass is 10.3. The highest BCUT2D eigenvalue weighted by Gasteiger charge is 2.26. The Bertz CT molecular complexity index is 523. The van der Waals surface area contributed by atoms with Gasteiger partial charge in [0.1, 0.15) is 0 Å². The zero-order chi connectivity index (χ0) is 14.7. The van der Waals surface area contributed by atoms with E-state index in [0.29, 0.717) is 5.69 Å². The molecule has 19 heavy (non-hydrogen) atoms. The van der Waals surface area contributed by atoms with Crippen LogP contribution in [0.15, 0.2) is 17.2 Å². The first-order chi connectivity index (χ1) is 8.65. The first kappa shape index (κ1) is 16.0. The number of aryl methyl sites for hydroxylation is 1. The van der Waals surface area contributed by atoms with Gasteiger partial charge in [-0.3, -0.25) is 0 Å². The fraction of sp³-hybridized carbons (Fsp3) is 0.600. The SMILES string of the molecule is Cn1cc(S(=O)(=O)NCCCC(F)(F)F)cc1CO. The molecule has 2 N–H and O–H groups in total. The van der Waals surface area contributed by atoms with Crippen molar-refractivity contribution in [1.29, 1.82) is 0 Å². The third-order valence-corrected chi connectivity index (χ3v) is 3.91. The Morgan fingerprint density at radius 1 is 1.42 bits per heavy atom. The molecule has 0 aliphatic rings. The summed E-state index contributed by atoms with van der Waals surface area (Å²) in [5.41, 5.74) is 0.399. The van der Waals surface area contributed by atoms with Crippen LogP contribution in [0.25, 0.3) is 0 Å². The van der Waals surface area contributed by atoms with Crippen LogP contribution in [0.4, 0.5) is 13.2 Å². The van der Waals surface area contributed by atoms with Crippen LogP contribution in [0.2, 0.25) is 0 Å². The molecule has 0 fully saturated rings. The summed E-state index contributed by atoms with van der Waals surface area (Å²) in [7, 11) is -2.28. The Kier molecular flexibility index (Phi) is 4.99. The molecule has 0 unspecified atom stereocenters. The van der Waals surface area contributed by atoms with Crippen molar-refractivity contribution in [2.24, 2.45) is 7.05 Å². The van der Waals surface area contributed by atoms with Gasteiger partial charge in [0.25, 0.3) is 0 Å². The average Bonchev–Trinajstić information content (AvgIpc) is 2.65. The van der Waals surface area contributed by atoms with Crippen LogP contribution in [0.3, 0.4) is 0 Å². The van der Waals surface area contributed by atoms with Crippen molar-refractivity contribution in [2.45, 2.75) is 30.5 Å². The van der Waals surface area contributed by atoms with Crippen LogP contribution >= 0.6 is 0 Å². The van der Waals surface area contributed by atoms with Crippen molar-refractivity contribution in [3.8, 4) is 0 Å². The second-order valence-electron chi connectivity index (χ2n) is 4.05. The van der Waals surface area contributed by atoms with E-state index in [0.717, 1.165) is 0 Å². The predicted molar refractivity (Wildman–Crippen MR) is 61.8 cm³/mol. The number of aliphatic hydroxyl groups is 1. The topological polar surface area (TPSA) is 71.3 Å². The summed E-state index contributed by atoms with van der Waals surface area (Å²) in [6, 6.07) is 1.27. The number of aromatic nitrogens is 1. The number of nitrogens with zero attached hydrogens (tertiary/aromatic N) is 1. The third-order valence-electron chi connectivity index (χ3n) is 2.48. The zero-order valence-electron chi connectivity index (χ0n) is 10.2. The average molecular weight is 300 g/mol. The summed E-state index contributed by atoms with van der Waals surface area (Å²) in [4.78, 5) is -0.0777. The minimum Gasteiger partial charge on any atom is -0.390 e. The smallest absolute Gasteiger partial charge is 0.389 e. The molecule has 1 aromatic rings. The van der Waals surface area contributed by atoms with E-state index < -0.39 is 22.6 Å². The van der Waals surface area contributed by atoms with Gasteiger partial charge < -0.3 is 9.67 Å². The van der Waals surface area contributed by atoms with Gasteiger partial charge in [-0.25, -0.2) is 13.1 Å². The van der Waals surface area contributed by atoms with E-state index in [-0.39, 0.29) is 24.5 Å². The first-order valence-electron chi connectivity index (χ1n) is 5.48. The molecule has 1 aromatic heterocycles. The van der Waals surface area contributed by atoms with Gasteiger partial charge in [-0.05, 0) is 12.5 Å². The molecule has 0 saturated heterocycles. The Balaban J connectivity index is 2.61. The number of hydrogen-bond acceptors (Lipinski definition) is 3. The van der Waals surface area contributed by atoms with Gasteiger partial charge in [0.05, 0.1) is 11.5 Å². The molecule has 1 heterocycles. The highest BCUT2D eigenvalue weighted by Crippen LogP contribution is 2.21. The standard InChI is InChI=1S/C10H15F3N2O3S/c1-15-6-9(5-8(15)7-16)19(17,18)14-4-2-3-10(11,12)13/h5-6,14,16H,2-4,7H2,1H3. The number of alkyl halides is 3. The van der Waals surface area contributed by atoms with Gasteiger partial charge >= 0.3 is 6.18 Å². The Labute approximate surface area is 109 Å². The fourth-order valence-corrected chi connectivity index (χ4v) is 2.63. The van der Waals surface area contributed by atoms with Crippen molar-refractivity contribution in [3.05, 3.63) is 18.0 Å². The number of nitrogens with one attached hydrogen (secondary N) is 1. The summed E-state index contributed by atoms with van der Waals surface area (Å²) < 4.78 is 62.7. The van der Waals surface area contributed by atoms with Gasteiger partial charge in [0.15, 0.2) is 0 Å².